The second-order valence-electron chi connectivity index (χ2n) is 3.84. The number of ether oxygens (including phenoxy) is 1. The summed E-state index contributed by atoms with van der Waals surface area (Å²) in [6, 6.07) is 1.74. The van der Waals surface area contributed by atoms with E-state index in [1.165, 1.54) is 13.4 Å². The highest BCUT2D eigenvalue weighted by molar-refractivity contribution is 5.87. The predicted molar refractivity (Wildman–Crippen MR) is 58.2 cm³/mol. The molecule has 1 N–H and O–H groups in total. The Balaban J connectivity index is 2.17. The average molecular weight is 221 g/mol. The van der Waals surface area contributed by atoms with Crippen molar-refractivity contribution < 1.29 is 9.53 Å². The maximum atomic E-state index is 11.3. The van der Waals surface area contributed by atoms with Crippen LogP contribution in [0.4, 0.5) is 0 Å². The van der Waals surface area contributed by atoms with Crippen molar-refractivity contribution in [2.24, 2.45) is 0 Å². The van der Waals surface area contributed by atoms with Gasteiger partial charge in [-0.1, -0.05) is 0 Å². The number of piperidine rings is 1. The number of nitrogens with zero attached hydrogens (tertiary/aromatic N) is 2. The van der Waals surface area contributed by atoms with Crippen molar-refractivity contribution in [1.82, 2.24) is 15.3 Å². The number of nitrogens with one attached hydrogen (secondary N) is 1. The van der Waals surface area contributed by atoms with Crippen LogP contribution in [0.25, 0.3) is 0 Å². The van der Waals surface area contributed by atoms with Crippen LogP contribution in [0.15, 0.2) is 12.4 Å². The number of esters is 1. The Labute approximate surface area is 94.2 Å². The van der Waals surface area contributed by atoms with Crippen LogP contribution >= 0.6 is 0 Å². The third kappa shape index (κ3) is 2.36. The fourth-order valence-corrected chi connectivity index (χ4v) is 1.93. The van der Waals surface area contributed by atoms with Gasteiger partial charge >= 0.3 is 5.97 Å². The molecule has 0 aromatic carbocycles. The van der Waals surface area contributed by atoms with Crippen molar-refractivity contribution in [1.29, 1.82) is 0 Å². The topological polar surface area (TPSA) is 64.1 Å². The van der Waals surface area contributed by atoms with Crippen LogP contribution in [0, 0.1) is 0 Å². The van der Waals surface area contributed by atoms with E-state index in [1.807, 2.05) is 0 Å². The monoisotopic (exact) mass is 221 g/mol. The fraction of sp³-hybridized carbons (Fsp3) is 0.545. The van der Waals surface area contributed by atoms with E-state index < -0.39 is 5.97 Å². The average Bonchev–Trinajstić information content (AvgIpc) is 2.39. The van der Waals surface area contributed by atoms with Gasteiger partial charge in [0.05, 0.1) is 7.11 Å². The number of hydrogen-bond acceptors (Lipinski definition) is 5. The van der Waals surface area contributed by atoms with Crippen LogP contribution in [-0.2, 0) is 4.74 Å². The molecular formula is C11H15N3O2. The molecule has 5 nitrogen and oxygen atoms in total. The summed E-state index contributed by atoms with van der Waals surface area (Å²) in [5.74, 6) is 0.0187. The molecule has 1 fully saturated rings. The van der Waals surface area contributed by atoms with Crippen molar-refractivity contribution in [3.8, 4) is 0 Å². The standard InChI is InChI=1S/C11H15N3O2/c1-16-11(15)10-6-9(13-7-14-10)8-2-4-12-5-3-8/h6-8,12H,2-5H2,1H3. The molecule has 0 radical (unpaired) electrons. The lowest BCUT2D eigenvalue weighted by Gasteiger charge is -2.21. The van der Waals surface area contributed by atoms with Crippen LogP contribution in [0.3, 0.4) is 0 Å². The highest BCUT2D eigenvalue weighted by Crippen LogP contribution is 2.23. The summed E-state index contributed by atoms with van der Waals surface area (Å²) < 4.78 is 4.64. The zero-order valence-corrected chi connectivity index (χ0v) is 9.27. The van der Waals surface area contributed by atoms with E-state index in [1.54, 1.807) is 6.07 Å². The van der Waals surface area contributed by atoms with Crippen LogP contribution in [0.1, 0.15) is 34.9 Å². The lowest BCUT2D eigenvalue weighted by molar-refractivity contribution is 0.0593. The van der Waals surface area contributed by atoms with Crippen molar-refractivity contribution in [3.63, 3.8) is 0 Å². The van der Waals surface area contributed by atoms with Gasteiger partial charge in [0.25, 0.3) is 0 Å². The van der Waals surface area contributed by atoms with Gasteiger partial charge in [-0.25, -0.2) is 14.8 Å². The van der Waals surface area contributed by atoms with E-state index >= 15 is 0 Å². The Kier molecular flexibility index (Phi) is 3.46. The Morgan fingerprint density at radius 2 is 2.19 bits per heavy atom. The summed E-state index contributed by atoms with van der Waals surface area (Å²) in [6.07, 6.45) is 3.54. The number of rotatable bonds is 2. The van der Waals surface area contributed by atoms with Crippen molar-refractivity contribution in [3.05, 3.63) is 23.8 Å². The zero-order chi connectivity index (χ0) is 11.4. The van der Waals surface area contributed by atoms with Crippen LogP contribution in [0.5, 0.6) is 0 Å². The van der Waals surface area contributed by atoms with E-state index in [-0.39, 0.29) is 0 Å². The molecule has 16 heavy (non-hydrogen) atoms. The van der Waals surface area contributed by atoms with E-state index in [4.69, 9.17) is 0 Å². The number of hydrogen-bond donors (Lipinski definition) is 1. The lowest BCUT2D eigenvalue weighted by atomic mass is 9.94. The molecule has 0 atom stereocenters. The molecule has 1 aromatic rings. The first-order valence-electron chi connectivity index (χ1n) is 5.42. The van der Waals surface area contributed by atoms with Gasteiger partial charge in [-0.15, -0.1) is 0 Å². The molecule has 0 bridgehead atoms. The molecule has 0 aliphatic carbocycles. The Bertz CT molecular complexity index is 375. The van der Waals surface area contributed by atoms with Gasteiger partial charge in [0.15, 0.2) is 5.69 Å². The molecule has 0 amide bonds. The minimum Gasteiger partial charge on any atom is -0.464 e. The first-order chi connectivity index (χ1) is 7.81. The zero-order valence-electron chi connectivity index (χ0n) is 9.27. The van der Waals surface area contributed by atoms with Crippen LogP contribution in [0.2, 0.25) is 0 Å². The summed E-state index contributed by atoms with van der Waals surface area (Å²) >= 11 is 0. The molecule has 0 unspecified atom stereocenters. The Hall–Kier alpha value is -1.49. The summed E-state index contributed by atoms with van der Waals surface area (Å²) in [5.41, 5.74) is 1.28. The normalized spacial score (nSPS) is 17.1. The third-order valence-electron chi connectivity index (χ3n) is 2.84. The molecular weight excluding hydrogens is 206 g/mol. The maximum absolute atomic E-state index is 11.3. The maximum Gasteiger partial charge on any atom is 0.356 e. The quantitative estimate of drug-likeness (QED) is 0.746. The van der Waals surface area contributed by atoms with E-state index in [2.05, 4.69) is 20.0 Å². The Morgan fingerprint density at radius 3 is 2.88 bits per heavy atom. The second kappa shape index (κ2) is 5.03. The fourth-order valence-electron chi connectivity index (χ4n) is 1.93. The van der Waals surface area contributed by atoms with Crippen molar-refractivity contribution in [2.45, 2.75) is 18.8 Å². The van der Waals surface area contributed by atoms with Gasteiger partial charge < -0.3 is 10.1 Å². The first-order valence-corrected chi connectivity index (χ1v) is 5.42. The van der Waals surface area contributed by atoms with Gasteiger partial charge in [-0.2, -0.15) is 0 Å². The molecule has 0 saturated carbocycles. The summed E-state index contributed by atoms with van der Waals surface area (Å²) in [6.45, 7) is 2.00. The number of methoxy groups -OCH3 is 1. The second-order valence-corrected chi connectivity index (χ2v) is 3.84. The van der Waals surface area contributed by atoms with Gasteiger partial charge in [-0.05, 0) is 32.0 Å². The summed E-state index contributed by atoms with van der Waals surface area (Å²) in [7, 11) is 1.36. The molecule has 1 aliphatic rings. The van der Waals surface area contributed by atoms with Crippen LogP contribution < -0.4 is 5.32 Å². The van der Waals surface area contributed by atoms with E-state index in [0.717, 1.165) is 31.6 Å². The van der Waals surface area contributed by atoms with Gasteiger partial charge in [0.1, 0.15) is 6.33 Å². The van der Waals surface area contributed by atoms with Crippen molar-refractivity contribution >= 4 is 5.97 Å². The summed E-state index contributed by atoms with van der Waals surface area (Å²) in [4.78, 5) is 19.5. The minimum atomic E-state index is -0.405. The molecule has 1 aromatic heterocycles. The minimum absolute atomic E-state index is 0.339. The van der Waals surface area contributed by atoms with E-state index in [9.17, 15) is 4.79 Å². The molecule has 1 saturated heterocycles. The molecule has 1 aliphatic heterocycles. The number of carbonyl (C=O) groups excluding carboxylic acids is 1. The third-order valence-corrected chi connectivity index (χ3v) is 2.84. The lowest BCUT2D eigenvalue weighted by Crippen LogP contribution is -2.27. The molecule has 2 rings (SSSR count). The highest BCUT2D eigenvalue weighted by Gasteiger charge is 2.18. The van der Waals surface area contributed by atoms with Crippen LogP contribution in [-0.4, -0.2) is 36.1 Å². The molecule has 0 spiro atoms. The SMILES string of the molecule is COC(=O)c1cc(C2CCNCC2)ncn1. The molecule has 86 valence electrons. The van der Waals surface area contributed by atoms with Crippen molar-refractivity contribution in [2.75, 3.05) is 20.2 Å². The Morgan fingerprint density at radius 1 is 1.44 bits per heavy atom. The first kappa shape index (κ1) is 11.0. The van der Waals surface area contributed by atoms with Gasteiger partial charge in [-0.3, -0.25) is 0 Å². The predicted octanol–water partition coefficient (Wildman–Crippen LogP) is 0.730. The van der Waals surface area contributed by atoms with E-state index in [0.29, 0.717) is 11.6 Å². The smallest absolute Gasteiger partial charge is 0.356 e. The number of carbonyl (C=O) groups is 1. The summed E-state index contributed by atoms with van der Waals surface area (Å²) in [5, 5.41) is 3.30. The molecule has 2 heterocycles. The van der Waals surface area contributed by atoms with Gasteiger partial charge in [0, 0.05) is 11.6 Å². The molecule has 5 heteroatoms. The highest BCUT2D eigenvalue weighted by atomic mass is 16.5. The largest absolute Gasteiger partial charge is 0.464 e. The number of aromatic nitrogens is 2. The van der Waals surface area contributed by atoms with Gasteiger partial charge in [0.2, 0.25) is 0 Å².